The zero-order chi connectivity index (χ0) is 14.5. The highest BCUT2D eigenvalue weighted by molar-refractivity contribution is 5.51. The van der Waals surface area contributed by atoms with Gasteiger partial charge in [0.15, 0.2) is 0 Å². The van der Waals surface area contributed by atoms with Crippen molar-refractivity contribution in [3.8, 4) is 0 Å². The summed E-state index contributed by atoms with van der Waals surface area (Å²) in [7, 11) is 4.04. The summed E-state index contributed by atoms with van der Waals surface area (Å²) in [5.74, 6) is 0. The minimum Gasteiger partial charge on any atom is -0.370 e. The molecule has 0 atom stereocenters. The van der Waals surface area contributed by atoms with Gasteiger partial charge in [-0.3, -0.25) is 9.67 Å². The van der Waals surface area contributed by atoms with E-state index in [1.54, 1.807) is 0 Å². The highest BCUT2D eigenvalue weighted by Gasteiger charge is 2.09. The lowest BCUT2D eigenvalue weighted by Gasteiger charge is -2.22. The molecule has 108 valence electrons. The van der Waals surface area contributed by atoms with Gasteiger partial charge >= 0.3 is 0 Å². The molecule has 1 N–H and O–H groups in total. The zero-order valence-corrected chi connectivity index (χ0v) is 12.7. The Bertz CT molecular complexity index is 547. The van der Waals surface area contributed by atoms with Crippen molar-refractivity contribution in [2.45, 2.75) is 33.0 Å². The summed E-state index contributed by atoms with van der Waals surface area (Å²) < 4.78 is 1.83. The third-order valence-corrected chi connectivity index (χ3v) is 3.17. The van der Waals surface area contributed by atoms with Crippen molar-refractivity contribution in [2.24, 2.45) is 7.05 Å². The van der Waals surface area contributed by atoms with E-state index in [0.717, 1.165) is 13.1 Å². The largest absolute Gasteiger partial charge is 0.370 e. The highest BCUT2D eigenvalue weighted by atomic mass is 15.2. The van der Waals surface area contributed by atoms with Crippen LogP contribution in [-0.4, -0.2) is 27.9 Å². The fraction of sp³-hybridized carbons (Fsp3) is 0.467. The number of anilines is 1. The lowest BCUT2D eigenvalue weighted by atomic mass is 10.2. The van der Waals surface area contributed by atoms with Crippen molar-refractivity contribution in [1.29, 1.82) is 0 Å². The van der Waals surface area contributed by atoms with Crippen LogP contribution in [0.25, 0.3) is 0 Å². The first kappa shape index (κ1) is 14.5. The first-order valence-electron chi connectivity index (χ1n) is 6.91. The van der Waals surface area contributed by atoms with E-state index >= 15 is 0 Å². The van der Waals surface area contributed by atoms with Crippen molar-refractivity contribution < 1.29 is 0 Å². The molecular weight excluding hydrogens is 250 g/mol. The highest BCUT2D eigenvalue weighted by Crippen LogP contribution is 2.20. The van der Waals surface area contributed by atoms with Gasteiger partial charge < -0.3 is 10.2 Å². The molecule has 5 nitrogen and oxygen atoms in total. The number of aryl methyl sites for hydroxylation is 1. The van der Waals surface area contributed by atoms with Gasteiger partial charge in [-0.1, -0.05) is 13.8 Å². The third kappa shape index (κ3) is 3.81. The van der Waals surface area contributed by atoms with E-state index in [0.29, 0.717) is 6.04 Å². The second kappa shape index (κ2) is 6.52. The molecule has 0 aliphatic carbocycles. The van der Waals surface area contributed by atoms with E-state index < -0.39 is 0 Å². The molecular formula is C15H23N5. The maximum atomic E-state index is 4.23. The van der Waals surface area contributed by atoms with Crippen LogP contribution in [-0.2, 0) is 20.1 Å². The van der Waals surface area contributed by atoms with Gasteiger partial charge in [0.25, 0.3) is 0 Å². The number of aromatic nitrogens is 3. The van der Waals surface area contributed by atoms with Crippen LogP contribution in [0.15, 0.2) is 30.9 Å². The molecule has 0 saturated carbocycles. The minimum absolute atomic E-state index is 0.465. The van der Waals surface area contributed by atoms with Gasteiger partial charge in [0, 0.05) is 68.6 Å². The number of pyridine rings is 1. The van der Waals surface area contributed by atoms with Crippen LogP contribution in [0.1, 0.15) is 25.0 Å². The second-order valence-electron chi connectivity index (χ2n) is 5.42. The van der Waals surface area contributed by atoms with Crippen LogP contribution in [0.4, 0.5) is 5.69 Å². The van der Waals surface area contributed by atoms with Crippen molar-refractivity contribution in [2.75, 3.05) is 11.9 Å². The summed E-state index contributed by atoms with van der Waals surface area (Å²) in [5, 5.41) is 7.65. The average molecular weight is 273 g/mol. The summed E-state index contributed by atoms with van der Waals surface area (Å²) in [6.45, 7) is 5.97. The predicted molar refractivity (Wildman–Crippen MR) is 81.5 cm³/mol. The Hall–Kier alpha value is -1.88. The Kier molecular flexibility index (Phi) is 4.74. The molecule has 2 rings (SSSR count). The first-order valence-corrected chi connectivity index (χ1v) is 6.91. The quantitative estimate of drug-likeness (QED) is 0.874. The maximum absolute atomic E-state index is 4.23. The minimum atomic E-state index is 0.465. The molecule has 0 aromatic carbocycles. The standard InChI is InChI=1S/C15H23N5/c1-12(2)17-9-14-8-16-6-5-15(14)19(3)10-13-7-18-20(4)11-13/h5-8,11-12,17H,9-10H2,1-4H3. The Morgan fingerprint density at radius 1 is 1.35 bits per heavy atom. The molecule has 2 heterocycles. The van der Waals surface area contributed by atoms with Gasteiger partial charge in [-0.05, 0) is 6.07 Å². The van der Waals surface area contributed by atoms with E-state index in [1.165, 1.54) is 16.8 Å². The molecule has 0 saturated heterocycles. The topological polar surface area (TPSA) is 46.0 Å². The molecule has 2 aromatic heterocycles. The van der Waals surface area contributed by atoms with E-state index in [1.807, 2.05) is 36.5 Å². The summed E-state index contributed by atoms with van der Waals surface area (Å²) >= 11 is 0. The average Bonchev–Trinajstić information content (AvgIpc) is 2.82. The van der Waals surface area contributed by atoms with E-state index in [9.17, 15) is 0 Å². The molecule has 0 spiro atoms. The maximum Gasteiger partial charge on any atom is 0.0539 e. The van der Waals surface area contributed by atoms with Gasteiger partial charge in [-0.25, -0.2) is 0 Å². The van der Waals surface area contributed by atoms with Crippen LogP contribution >= 0.6 is 0 Å². The first-order chi connectivity index (χ1) is 9.56. The molecule has 0 unspecified atom stereocenters. The smallest absolute Gasteiger partial charge is 0.0539 e. The van der Waals surface area contributed by atoms with Gasteiger partial charge in [0.2, 0.25) is 0 Å². The number of nitrogens with zero attached hydrogens (tertiary/aromatic N) is 4. The van der Waals surface area contributed by atoms with Gasteiger partial charge in [-0.2, -0.15) is 5.10 Å². The molecule has 0 radical (unpaired) electrons. The van der Waals surface area contributed by atoms with Crippen molar-refractivity contribution in [1.82, 2.24) is 20.1 Å². The number of rotatable bonds is 6. The van der Waals surface area contributed by atoms with Crippen molar-refractivity contribution in [3.63, 3.8) is 0 Å². The number of nitrogens with one attached hydrogen (secondary N) is 1. The Morgan fingerprint density at radius 2 is 2.15 bits per heavy atom. The molecule has 0 amide bonds. The molecule has 0 aliphatic rings. The number of hydrogen-bond donors (Lipinski definition) is 1. The molecule has 20 heavy (non-hydrogen) atoms. The van der Waals surface area contributed by atoms with Crippen LogP contribution in [0.2, 0.25) is 0 Å². The molecule has 5 heteroatoms. The molecule has 0 aliphatic heterocycles. The lowest BCUT2D eigenvalue weighted by Crippen LogP contribution is -2.24. The van der Waals surface area contributed by atoms with E-state index in [4.69, 9.17) is 0 Å². The van der Waals surface area contributed by atoms with Crippen LogP contribution < -0.4 is 10.2 Å². The van der Waals surface area contributed by atoms with Crippen LogP contribution in [0.3, 0.4) is 0 Å². The summed E-state index contributed by atoms with van der Waals surface area (Å²) in [4.78, 5) is 6.47. The summed E-state index contributed by atoms with van der Waals surface area (Å²) in [5.41, 5.74) is 3.62. The molecule has 0 fully saturated rings. The molecule has 2 aromatic rings. The normalized spacial score (nSPS) is 11.1. The monoisotopic (exact) mass is 273 g/mol. The third-order valence-electron chi connectivity index (χ3n) is 3.17. The predicted octanol–water partition coefficient (Wildman–Crippen LogP) is 1.95. The summed E-state index contributed by atoms with van der Waals surface area (Å²) in [6.07, 6.45) is 7.73. The lowest BCUT2D eigenvalue weighted by molar-refractivity contribution is 0.587. The van der Waals surface area contributed by atoms with Crippen LogP contribution in [0.5, 0.6) is 0 Å². The van der Waals surface area contributed by atoms with Gasteiger partial charge in [0.05, 0.1) is 6.20 Å². The second-order valence-corrected chi connectivity index (χ2v) is 5.42. The Balaban J connectivity index is 2.10. The van der Waals surface area contributed by atoms with Crippen LogP contribution in [0, 0.1) is 0 Å². The van der Waals surface area contributed by atoms with E-state index in [2.05, 4.69) is 47.3 Å². The zero-order valence-electron chi connectivity index (χ0n) is 12.7. The van der Waals surface area contributed by atoms with E-state index in [-0.39, 0.29) is 0 Å². The van der Waals surface area contributed by atoms with Crippen molar-refractivity contribution in [3.05, 3.63) is 42.0 Å². The number of hydrogen-bond acceptors (Lipinski definition) is 4. The Labute approximate surface area is 120 Å². The Morgan fingerprint density at radius 3 is 2.80 bits per heavy atom. The molecule has 0 bridgehead atoms. The fourth-order valence-corrected chi connectivity index (χ4v) is 2.16. The fourth-order valence-electron chi connectivity index (χ4n) is 2.16. The summed E-state index contributed by atoms with van der Waals surface area (Å²) in [6, 6.07) is 2.53. The SMILES string of the molecule is CC(C)NCc1cnccc1N(C)Cc1cnn(C)c1. The van der Waals surface area contributed by atoms with Crippen molar-refractivity contribution >= 4 is 5.69 Å². The van der Waals surface area contributed by atoms with Gasteiger partial charge in [-0.15, -0.1) is 0 Å². The van der Waals surface area contributed by atoms with Gasteiger partial charge in [0.1, 0.15) is 0 Å².